The van der Waals surface area contributed by atoms with E-state index in [2.05, 4.69) is 68.6 Å². The van der Waals surface area contributed by atoms with E-state index in [9.17, 15) is 0 Å². The summed E-state index contributed by atoms with van der Waals surface area (Å²) in [6.07, 6.45) is 1.18. The van der Waals surface area contributed by atoms with E-state index in [0.717, 1.165) is 13.1 Å². The summed E-state index contributed by atoms with van der Waals surface area (Å²) in [6, 6.07) is 15.3. The zero-order valence-electron chi connectivity index (χ0n) is 12.6. The van der Waals surface area contributed by atoms with E-state index >= 15 is 0 Å². The molecule has 0 saturated heterocycles. The molecule has 2 aromatic carbocycles. The standard InChI is InChI=1S/C18H23NS/c1-4-11-19-13-16-9-10-18(15(3)12-16)20-17-8-6-5-7-14(17)2/h5-10,12,19H,4,11,13H2,1-3H3. The van der Waals surface area contributed by atoms with Crippen LogP contribution in [0, 0.1) is 13.8 Å². The minimum absolute atomic E-state index is 0.962. The molecule has 0 heterocycles. The Morgan fingerprint density at radius 2 is 1.70 bits per heavy atom. The van der Waals surface area contributed by atoms with Gasteiger partial charge < -0.3 is 5.32 Å². The SMILES string of the molecule is CCCNCc1ccc(Sc2ccccc2C)c(C)c1. The van der Waals surface area contributed by atoms with Gasteiger partial charge in [-0.3, -0.25) is 0 Å². The van der Waals surface area contributed by atoms with Crippen molar-refractivity contribution in [2.45, 2.75) is 43.5 Å². The number of nitrogens with one attached hydrogen (secondary N) is 1. The molecule has 1 N–H and O–H groups in total. The molecular weight excluding hydrogens is 262 g/mol. The molecule has 20 heavy (non-hydrogen) atoms. The van der Waals surface area contributed by atoms with Crippen LogP contribution in [0.5, 0.6) is 0 Å². The smallest absolute Gasteiger partial charge is 0.0205 e. The van der Waals surface area contributed by atoms with Gasteiger partial charge in [0.05, 0.1) is 0 Å². The first kappa shape index (κ1) is 15.1. The molecule has 0 bridgehead atoms. The van der Waals surface area contributed by atoms with Gasteiger partial charge in [0.1, 0.15) is 0 Å². The van der Waals surface area contributed by atoms with Gasteiger partial charge in [0.2, 0.25) is 0 Å². The molecule has 2 aromatic rings. The van der Waals surface area contributed by atoms with E-state index in [1.807, 2.05) is 11.8 Å². The van der Waals surface area contributed by atoms with Gasteiger partial charge in [-0.25, -0.2) is 0 Å². The molecular formula is C18H23NS. The minimum atomic E-state index is 0.962. The molecule has 0 saturated carbocycles. The Hall–Kier alpha value is -1.25. The van der Waals surface area contributed by atoms with Crippen molar-refractivity contribution in [3.63, 3.8) is 0 Å². The summed E-state index contributed by atoms with van der Waals surface area (Å²) in [5.74, 6) is 0. The van der Waals surface area contributed by atoms with Crippen LogP contribution in [-0.4, -0.2) is 6.54 Å². The zero-order valence-corrected chi connectivity index (χ0v) is 13.4. The summed E-state index contributed by atoms with van der Waals surface area (Å²) in [5, 5.41) is 3.45. The van der Waals surface area contributed by atoms with Crippen LogP contribution >= 0.6 is 11.8 Å². The summed E-state index contributed by atoms with van der Waals surface area (Å²) < 4.78 is 0. The highest BCUT2D eigenvalue weighted by atomic mass is 32.2. The first-order chi connectivity index (χ1) is 9.70. The third-order valence-electron chi connectivity index (χ3n) is 3.31. The monoisotopic (exact) mass is 285 g/mol. The summed E-state index contributed by atoms with van der Waals surface area (Å²) in [6.45, 7) is 8.60. The van der Waals surface area contributed by atoms with Crippen molar-refractivity contribution in [3.05, 3.63) is 59.2 Å². The van der Waals surface area contributed by atoms with E-state index in [4.69, 9.17) is 0 Å². The lowest BCUT2D eigenvalue weighted by atomic mass is 10.1. The summed E-state index contributed by atoms with van der Waals surface area (Å²) in [7, 11) is 0. The molecule has 0 aliphatic rings. The average Bonchev–Trinajstić information content (AvgIpc) is 2.44. The highest BCUT2D eigenvalue weighted by molar-refractivity contribution is 7.99. The number of hydrogen-bond donors (Lipinski definition) is 1. The van der Waals surface area contributed by atoms with Gasteiger partial charge in [0.25, 0.3) is 0 Å². The molecule has 0 spiro atoms. The van der Waals surface area contributed by atoms with Crippen molar-refractivity contribution in [2.24, 2.45) is 0 Å². The van der Waals surface area contributed by atoms with Gasteiger partial charge >= 0.3 is 0 Å². The molecule has 2 rings (SSSR count). The first-order valence-electron chi connectivity index (χ1n) is 7.24. The lowest BCUT2D eigenvalue weighted by Crippen LogP contribution is -2.13. The van der Waals surface area contributed by atoms with Crippen LogP contribution in [0.1, 0.15) is 30.0 Å². The number of hydrogen-bond acceptors (Lipinski definition) is 2. The Kier molecular flexibility index (Phi) is 5.69. The number of aryl methyl sites for hydroxylation is 2. The van der Waals surface area contributed by atoms with Crippen molar-refractivity contribution in [1.29, 1.82) is 0 Å². The second-order valence-corrected chi connectivity index (χ2v) is 6.23. The maximum Gasteiger partial charge on any atom is 0.0205 e. The Morgan fingerprint density at radius 3 is 2.40 bits per heavy atom. The second-order valence-electron chi connectivity index (χ2n) is 5.14. The lowest BCUT2D eigenvalue weighted by Gasteiger charge is -2.10. The normalized spacial score (nSPS) is 10.8. The highest BCUT2D eigenvalue weighted by Gasteiger charge is 2.04. The topological polar surface area (TPSA) is 12.0 Å². The molecule has 0 unspecified atom stereocenters. The summed E-state index contributed by atoms with van der Waals surface area (Å²) in [5.41, 5.74) is 4.06. The molecule has 0 aliphatic carbocycles. The third-order valence-corrected chi connectivity index (χ3v) is 4.66. The van der Waals surface area contributed by atoms with Crippen molar-refractivity contribution in [3.8, 4) is 0 Å². The molecule has 106 valence electrons. The van der Waals surface area contributed by atoms with Crippen LogP contribution in [0.2, 0.25) is 0 Å². The quantitative estimate of drug-likeness (QED) is 0.753. The van der Waals surface area contributed by atoms with Gasteiger partial charge in [0, 0.05) is 16.3 Å². The van der Waals surface area contributed by atoms with Gasteiger partial charge in [-0.1, -0.05) is 49.0 Å². The van der Waals surface area contributed by atoms with Gasteiger partial charge in [-0.05, 0) is 55.6 Å². The van der Waals surface area contributed by atoms with Crippen LogP contribution < -0.4 is 5.32 Å². The fourth-order valence-corrected chi connectivity index (χ4v) is 3.10. The molecule has 1 nitrogen and oxygen atoms in total. The van der Waals surface area contributed by atoms with Crippen molar-refractivity contribution in [1.82, 2.24) is 5.32 Å². The minimum Gasteiger partial charge on any atom is -0.313 e. The highest BCUT2D eigenvalue weighted by Crippen LogP contribution is 2.32. The molecule has 0 fully saturated rings. The van der Waals surface area contributed by atoms with Crippen molar-refractivity contribution in [2.75, 3.05) is 6.54 Å². The van der Waals surface area contributed by atoms with E-state index in [-0.39, 0.29) is 0 Å². The number of benzene rings is 2. The third kappa shape index (κ3) is 4.12. The van der Waals surface area contributed by atoms with Crippen molar-refractivity contribution >= 4 is 11.8 Å². The van der Waals surface area contributed by atoms with Crippen LogP contribution in [0.4, 0.5) is 0 Å². The van der Waals surface area contributed by atoms with E-state index in [1.54, 1.807) is 0 Å². The van der Waals surface area contributed by atoms with E-state index in [0.29, 0.717) is 0 Å². The maximum atomic E-state index is 3.45. The molecule has 0 atom stereocenters. The van der Waals surface area contributed by atoms with Crippen LogP contribution in [0.25, 0.3) is 0 Å². The van der Waals surface area contributed by atoms with Crippen LogP contribution in [-0.2, 0) is 6.54 Å². The molecule has 0 amide bonds. The molecule has 0 aromatic heterocycles. The lowest BCUT2D eigenvalue weighted by molar-refractivity contribution is 0.675. The Bertz CT molecular complexity index is 563. The predicted octanol–water partition coefficient (Wildman–Crippen LogP) is 4.95. The Labute approximate surface area is 126 Å². The summed E-state index contributed by atoms with van der Waals surface area (Å²) in [4.78, 5) is 2.69. The van der Waals surface area contributed by atoms with E-state index in [1.165, 1.54) is 32.9 Å². The molecule has 0 radical (unpaired) electrons. The van der Waals surface area contributed by atoms with Crippen LogP contribution in [0.3, 0.4) is 0 Å². The largest absolute Gasteiger partial charge is 0.313 e. The summed E-state index contributed by atoms with van der Waals surface area (Å²) >= 11 is 1.86. The maximum absolute atomic E-state index is 3.45. The molecule has 2 heteroatoms. The average molecular weight is 285 g/mol. The van der Waals surface area contributed by atoms with Crippen molar-refractivity contribution < 1.29 is 0 Å². The van der Waals surface area contributed by atoms with Crippen LogP contribution in [0.15, 0.2) is 52.3 Å². The fraction of sp³-hybridized carbons (Fsp3) is 0.333. The van der Waals surface area contributed by atoms with Gasteiger partial charge in [-0.2, -0.15) is 0 Å². The first-order valence-corrected chi connectivity index (χ1v) is 8.06. The zero-order chi connectivity index (χ0) is 14.4. The van der Waals surface area contributed by atoms with Gasteiger partial charge in [-0.15, -0.1) is 0 Å². The molecule has 0 aliphatic heterocycles. The second kappa shape index (κ2) is 7.51. The fourth-order valence-electron chi connectivity index (χ4n) is 2.13. The van der Waals surface area contributed by atoms with Gasteiger partial charge in [0.15, 0.2) is 0 Å². The Morgan fingerprint density at radius 1 is 0.950 bits per heavy atom. The predicted molar refractivity (Wildman–Crippen MR) is 88.5 cm³/mol. The van der Waals surface area contributed by atoms with E-state index < -0.39 is 0 Å². The Balaban J connectivity index is 2.08. The number of rotatable bonds is 6.